The quantitative estimate of drug-likeness (QED) is 0.281. The van der Waals surface area contributed by atoms with E-state index in [9.17, 15) is 27.6 Å². The number of sulfonamides is 1. The molecular weight excluding hydrogens is 654 g/mol. The molecule has 4 N–H and O–H groups in total. The van der Waals surface area contributed by atoms with Gasteiger partial charge in [0.15, 0.2) is 0 Å². The lowest BCUT2D eigenvalue weighted by Gasteiger charge is -2.23. The molecule has 49 heavy (non-hydrogen) atoms. The van der Waals surface area contributed by atoms with Crippen LogP contribution in [-0.2, 0) is 34.0 Å². The van der Waals surface area contributed by atoms with Crippen molar-refractivity contribution < 1.29 is 41.9 Å². The molecule has 3 fully saturated rings. The SMILES string of the molecule is C=C[C@H]1C[C@@]1(NC(=O)C1C[C@@H]2C[C@H]1C(=O)NNC(=O)OC/C=C/COc1ccc3c(c1)/C(=N/O2)c1ccccc1-3)C(=O)NS(=O)(=O)C1CC1. The summed E-state index contributed by atoms with van der Waals surface area (Å²) in [5, 5.41) is 6.66. The van der Waals surface area contributed by atoms with Crippen LogP contribution in [0.5, 0.6) is 5.75 Å². The largest absolute Gasteiger partial charge is 0.490 e. The zero-order chi connectivity index (χ0) is 34.3. The van der Waals surface area contributed by atoms with Crippen molar-refractivity contribution in [2.45, 2.75) is 49.0 Å². The number of fused-ring (bicyclic) bond motifs is 6. The van der Waals surface area contributed by atoms with Gasteiger partial charge in [0, 0.05) is 17.0 Å². The van der Waals surface area contributed by atoms with Gasteiger partial charge in [-0.25, -0.2) is 18.6 Å². The molecule has 15 heteroatoms. The zero-order valence-corrected chi connectivity index (χ0v) is 27.2. The Morgan fingerprint density at radius 3 is 2.43 bits per heavy atom. The van der Waals surface area contributed by atoms with E-state index in [0.717, 1.165) is 22.3 Å². The van der Waals surface area contributed by atoms with Crippen LogP contribution < -0.4 is 25.6 Å². The van der Waals surface area contributed by atoms with E-state index in [-0.39, 0.29) is 32.5 Å². The van der Waals surface area contributed by atoms with Gasteiger partial charge in [-0.3, -0.25) is 24.5 Å². The number of oxime groups is 1. The molecule has 2 aromatic carbocycles. The van der Waals surface area contributed by atoms with Crippen LogP contribution in [0.15, 0.2) is 72.4 Å². The molecule has 2 aromatic rings. The fourth-order valence-corrected chi connectivity index (χ4v) is 8.03. The van der Waals surface area contributed by atoms with Gasteiger partial charge in [0.2, 0.25) is 21.8 Å². The van der Waals surface area contributed by atoms with Crippen molar-refractivity contribution in [3.8, 4) is 16.9 Å². The first-order chi connectivity index (χ1) is 23.6. The predicted octanol–water partition coefficient (Wildman–Crippen LogP) is 2.21. The van der Waals surface area contributed by atoms with Crippen molar-refractivity contribution in [1.82, 2.24) is 20.9 Å². The second-order valence-corrected chi connectivity index (χ2v) is 14.7. The number of carbonyl (C=O) groups is 4. The first kappa shape index (κ1) is 32.4. The monoisotopic (exact) mass is 689 g/mol. The van der Waals surface area contributed by atoms with Gasteiger partial charge in [0.05, 0.1) is 17.1 Å². The Kier molecular flexibility index (Phi) is 8.38. The number of benzene rings is 2. The Bertz CT molecular complexity index is 1910. The molecule has 0 spiro atoms. The highest BCUT2D eigenvalue weighted by atomic mass is 32.2. The van der Waals surface area contributed by atoms with Gasteiger partial charge in [-0.2, -0.15) is 0 Å². The third-order valence-corrected chi connectivity index (χ3v) is 11.4. The molecule has 5 atom stereocenters. The van der Waals surface area contributed by atoms with E-state index in [1.807, 2.05) is 42.5 Å². The molecule has 4 amide bonds. The summed E-state index contributed by atoms with van der Waals surface area (Å²) >= 11 is 0. The van der Waals surface area contributed by atoms with E-state index in [1.54, 1.807) is 12.2 Å². The molecule has 4 aliphatic carbocycles. The van der Waals surface area contributed by atoms with E-state index in [2.05, 4.69) is 32.6 Å². The normalized spacial score (nSPS) is 29.3. The lowest BCUT2D eigenvalue weighted by atomic mass is 9.94. The molecule has 0 saturated heterocycles. The van der Waals surface area contributed by atoms with Gasteiger partial charge in [-0.1, -0.05) is 35.5 Å². The summed E-state index contributed by atoms with van der Waals surface area (Å²) < 4.78 is 38.2. The van der Waals surface area contributed by atoms with Crippen LogP contribution in [0.25, 0.3) is 11.1 Å². The molecule has 0 aromatic heterocycles. The van der Waals surface area contributed by atoms with Crippen LogP contribution in [0, 0.1) is 17.8 Å². The maximum Gasteiger partial charge on any atom is 0.426 e. The number of rotatable bonds is 6. The molecule has 4 bridgehead atoms. The lowest BCUT2D eigenvalue weighted by Crippen LogP contribution is -2.54. The number of nitrogens with zero attached hydrogens (tertiary/aromatic N) is 1. The van der Waals surface area contributed by atoms with E-state index < -0.39 is 68.5 Å². The van der Waals surface area contributed by atoms with Crippen molar-refractivity contribution >= 4 is 39.5 Å². The standard InChI is InChI=1S/C34H35N5O9S/c1-2-19-18-34(19,32(42)39-49(44,45)22-10-11-22)35-30(40)27-16-21-17-28(27)31(41)36-37-33(43)47-14-6-5-13-46-20-9-12-24-23-7-3-4-8-25(23)29(38-48-21)26(24)15-20/h2-9,12,15,19,21-22,27-28H,1,10-11,13-14,16-18H2,(H,35,40)(H,36,41)(H,37,43)(H,39,42)/b6-5+,38-29+/t19-,21+,27?,28+,34-/m0/s1. The molecule has 0 radical (unpaired) electrons. The van der Waals surface area contributed by atoms with E-state index in [1.165, 1.54) is 6.08 Å². The number of carbonyl (C=O) groups excluding carboxylic acids is 4. The summed E-state index contributed by atoms with van der Waals surface area (Å²) in [4.78, 5) is 58.9. The van der Waals surface area contributed by atoms with Crippen LogP contribution >= 0.6 is 0 Å². The van der Waals surface area contributed by atoms with Crippen LogP contribution in [0.3, 0.4) is 0 Å². The molecule has 1 heterocycles. The van der Waals surface area contributed by atoms with Gasteiger partial charge >= 0.3 is 6.09 Å². The summed E-state index contributed by atoms with van der Waals surface area (Å²) in [6, 6.07) is 13.4. The predicted molar refractivity (Wildman–Crippen MR) is 175 cm³/mol. The fraction of sp³-hybridized carbons (Fsp3) is 0.382. The summed E-state index contributed by atoms with van der Waals surface area (Å²) in [6.45, 7) is 3.86. The second-order valence-electron chi connectivity index (χ2n) is 12.8. The van der Waals surface area contributed by atoms with Crippen molar-refractivity contribution in [1.29, 1.82) is 0 Å². The van der Waals surface area contributed by atoms with Crippen LogP contribution in [0.4, 0.5) is 4.79 Å². The minimum absolute atomic E-state index is 0.0461. The number of hydrogen-bond acceptors (Lipinski definition) is 10. The summed E-state index contributed by atoms with van der Waals surface area (Å²) in [6.07, 6.45) is 4.32. The number of hydrogen-bond donors (Lipinski definition) is 4. The number of ether oxygens (including phenoxy) is 2. The highest BCUT2D eigenvalue weighted by Crippen LogP contribution is 2.46. The number of amides is 4. The molecule has 5 aliphatic rings. The molecule has 14 nitrogen and oxygen atoms in total. The summed E-state index contributed by atoms with van der Waals surface area (Å²) in [5.41, 5.74) is 7.10. The van der Waals surface area contributed by atoms with Gasteiger partial charge < -0.3 is 19.6 Å². The van der Waals surface area contributed by atoms with Crippen molar-refractivity contribution in [2.75, 3.05) is 13.2 Å². The lowest BCUT2D eigenvalue weighted by molar-refractivity contribution is -0.136. The topological polar surface area (TPSA) is 191 Å². The Hall–Kier alpha value is -5.18. The maximum atomic E-state index is 13.9. The van der Waals surface area contributed by atoms with E-state index in [0.29, 0.717) is 24.3 Å². The van der Waals surface area contributed by atoms with E-state index >= 15 is 0 Å². The van der Waals surface area contributed by atoms with Crippen molar-refractivity contribution in [3.63, 3.8) is 0 Å². The number of cyclic esters (lactones) is 1. The highest BCUT2D eigenvalue weighted by molar-refractivity contribution is 7.91. The zero-order valence-electron chi connectivity index (χ0n) is 26.3. The Morgan fingerprint density at radius 2 is 1.69 bits per heavy atom. The number of nitrogens with one attached hydrogen (secondary N) is 4. The first-order valence-corrected chi connectivity index (χ1v) is 17.6. The number of hydrazine groups is 1. The van der Waals surface area contributed by atoms with Crippen molar-refractivity contribution in [3.05, 3.63) is 78.4 Å². The van der Waals surface area contributed by atoms with Gasteiger partial charge in [0.1, 0.15) is 36.3 Å². The summed E-state index contributed by atoms with van der Waals surface area (Å²) in [7, 11) is -3.88. The van der Waals surface area contributed by atoms with Gasteiger partial charge in [-0.05, 0) is 73.6 Å². The Balaban J connectivity index is 1.16. The average molecular weight is 690 g/mol. The third-order valence-electron chi connectivity index (χ3n) is 9.56. The minimum atomic E-state index is -3.88. The van der Waals surface area contributed by atoms with Crippen molar-refractivity contribution in [2.24, 2.45) is 22.9 Å². The van der Waals surface area contributed by atoms with Crippen LogP contribution in [0.1, 0.15) is 43.2 Å². The minimum Gasteiger partial charge on any atom is -0.490 e. The Morgan fingerprint density at radius 1 is 0.959 bits per heavy atom. The molecule has 1 aliphatic heterocycles. The van der Waals surface area contributed by atoms with Crippen LogP contribution in [0.2, 0.25) is 0 Å². The Labute approximate surface area is 282 Å². The fourth-order valence-electron chi connectivity index (χ4n) is 6.67. The van der Waals surface area contributed by atoms with Gasteiger partial charge in [-0.15, -0.1) is 6.58 Å². The maximum absolute atomic E-state index is 13.9. The molecule has 3 saturated carbocycles. The third kappa shape index (κ3) is 6.37. The van der Waals surface area contributed by atoms with Crippen LogP contribution in [-0.4, -0.2) is 68.1 Å². The van der Waals surface area contributed by atoms with Gasteiger partial charge in [0.25, 0.3) is 5.91 Å². The smallest absolute Gasteiger partial charge is 0.426 e. The molecule has 1 unspecified atom stereocenters. The second kappa shape index (κ2) is 12.7. The first-order valence-electron chi connectivity index (χ1n) is 16.1. The molecule has 256 valence electrons. The molecular formula is C34H35N5O9S. The highest BCUT2D eigenvalue weighted by Gasteiger charge is 2.62. The summed E-state index contributed by atoms with van der Waals surface area (Å²) in [5.74, 6) is -4.10. The van der Waals surface area contributed by atoms with E-state index in [4.69, 9.17) is 14.3 Å². The molecule has 7 rings (SSSR count). The average Bonchev–Trinajstić information content (AvgIpc) is 4.00.